The van der Waals surface area contributed by atoms with Crippen molar-refractivity contribution in [3.63, 3.8) is 0 Å². The highest BCUT2D eigenvalue weighted by Crippen LogP contribution is 2.20. The summed E-state index contributed by atoms with van der Waals surface area (Å²) in [5, 5.41) is 7.95. The first-order valence-electron chi connectivity index (χ1n) is 9.48. The lowest BCUT2D eigenvalue weighted by molar-refractivity contribution is -0.146. The number of alkyl halides is 1. The molecule has 0 aliphatic rings. The predicted octanol–water partition coefficient (Wildman–Crippen LogP) is 3.49. The Balaban J connectivity index is 2.23. The standard InChI is InChI=1S/C20H28FN3O3/c1-4-27-20(26)17(14(2)3)22-19(25)18-15-10-6-7-11-16(15)24(23-18)13-9-5-8-12-21/h6-7,10-11,14,17H,4-5,8-9,12-13H2,1-3H3,(H,22,25). The number of carbonyl (C=O) groups is 2. The minimum atomic E-state index is -0.731. The molecule has 148 valence electrons. The van der Waals surface area contributed by atoms with Gasteiger partial charge in [-0.2, -0.15) is 5.10 Å². The molecule has 0 radical (unpaired) electrons. The molecule has 1 unspecified atom stereocenters. The van der Waals surface area contributed by atoms with Gasteiger partial charge in [-0.3, -0.25) is 13.9 Å². The molecule has 0 bridgehead atoms. The number of aryl methyl sites for hydroxylation is 1. The van der Waals surface area contributed by atoms with Crippen LogP contribution in [-0.4, -0.2) is 41.0 Å². The highest BCUT2D eigenvalue weighted by molar-refractivity contribution is 6.06. The quantitative estimate of drug-likeness (QED) is 0.508. The number of benzene rings is 1. The molecule has 1 heterocycles. The van der Waals surface area contributed by atoms with Crippen LogP contribution in [0.5, 0.6) is 0 Å². The number of fused-ring (bicyclic) bond motifs is 1. The predicted molar refractivity (Wildman–Crippen MR) is 102 cm³/mol. The summed E-state index contributed by atoms with van der Waals surface area (Å²) < 4.78 is 19.1. The normalized spacial score (nSPS) is 12.3. The number of nitrogens with zero attached hydrogens (tertiary/aromatic N) is 2. The third-order valence-corrected chi connectivity index (χ3v) is 4.37. The Kier molecular flexibility index (Phi) is 7.76. The molecule has 1 aromatic carbocycles. The summed E-state index contributed by atoms with van der Waals surface area (Å²) in [6.07, 6.45) is 2.08. The van der Waals surface area contributed by atoms with E-state index in [0.717, 1.165) is 23.7 Å². The smallest absolute Gasteiger partial charge is 0.328 e. The third kappa shape index (κ3) is 5.28. The fourth-order valence-electron chi connectivity index (χ4n) is 2.94. The number of para-hydroxylation sites is 1. The minimum absolute atomic E-state index is 0.109. The first-order valence-corrected chi connectivity index (χ1v) is 9.48. The molecule has 0 aliphatic carbocycles. The van der Waals surface area contributed by atoms with E-state index in [1.165, 1.54) is 0 Å². The molecule has 0 aliphatic heterocycles. The molecule has 27 heavy (non-hydrogen) atoms. The summed E-state index contributed by atoms with van der Waals surface area (Å²) in [4.78, 5) is 25.0. The van der Waals surface area contributed by atoms with Gasteiger partial charge >= 0.3 is 5.97 Å². The molecule has 0 saturated carbocycles. The van der Waals surface area contributed by atoms with E-state index < -0.39 is 17.9 Å². The van der Waals surface area contributed by atoms with Gasteiger partial charge in [0.05, 0.1) is 18.8 Å². The lowest BCUT2D eigenvalue weighted by Crippen LogP contribution is -2.45. The second-order valence-electron chi connectivity index (χ2n) is 6.79. The van der Waals surface area contributed by atoms with Crippen molar-refractivity contribution in [1.82, 2.24) is 15.1 Å². The third-order valence-electron chi connectivity index (χ3n) is 4.37. The van der Waals surface area contributed by atoms with Gasteiger partial charge in [-0.15, -0.1) is 0 Å². The fraction of sp³-hybridized carbons (Fsp3) is 0.550. The monoisotopic (exact) mass is 377 g/mol. The second-order valence-corrected chi connectivity index (χ2v) is 6.79. The number of aromatic nitrogens is 2. The van der Waals surface area contributed by atoms with Crippen LogP contribution in [0, 0.1) is 5.92 Å². The average molecular weight is 377 g/mol. The number of halogens is 1. The molecule has 6 nitrogen and oxygen atoms in total. The number of nitrogens with one attached hydrogen (secondary N) is 1. The van der Waals surface area contributed by atoms with Gasteiger partial charge in [0.15, 0.2) is 5.69 Å². The number of esters is 1. The van der Waals surface area contributed by atoms with E-state index in [0.29, 0.717) is 13.0 Å². The Hall–Kier alpha value is -2.44. The van der Waals surface area contributed by atoms with Crippen LogP contribution in [0.1, 0.15) is 50.5 Å². The van der Waals surface area contributed by atoms with Crippen LogP contribution in [-0.2, 0) is 16.1 Å². The van der Waals surface area contributed by atoms with Crippen LogP contribution < -0.4 is 5.32 Å². The Morgan fingerprint density at radius 3 is 2.63 bits per heavy atom. The largest absolute Gasteiger partial charge is 0.464 e. The SMILES string of the molecule is CCOC(=O)C(NC(=O)c1nn(CCCCCF)c2ccccc12)C(C)C. The Morgan fingerprint density at radius 1 is 1.22 bits per heavy atom. The van der Waals surface area contributed by atoms with Gasteiger partial charge < -0.3 is 10.1 Å². The maximum Gasteiger partial charge on any atom is 0.328 e. The Morgan fingerprint density at radius 2 is 1.96 bits per heavy atom. The van der Waals surface area contributed by atoms with Gasteiger partial charge in [0.2, 0.25) is 0 Å². The number of ether oxygens (including phenoxy) is 1. The van der Waals surface area contributed by atoms with Crippen molar-refractivity contribution in [2.75, 3.05) is 13.3 Å². The maximum absolute atomic E-state index is 12.8. The van der Waals surface area contributed by atoms with Crippen molar-refractivity contribution >= 4 is 22.8 Å². The lowest BCUT2D eigenvalue weighted by Gasteiger charge is -2.20. The van der Waals surface area contributed by atoms with Gasteiger partial charge in [0, 0.05) is 11.9 Å². The van der Waals surface area contributed by atoms with E-state index in [-0.39, 0.29) is 24.9 Å². The molecule has 0 spiro atoms. The number of rotatable bonds is 10. The molecule has 1 atom stereocenters. The molecular formula is C20H28FN3O3. The van der Waals surface area contributed by atoms with Crippen LogP contribution in [0.15, 0.2) is 24.3 Å². The summed E-state index contributed by atoms with van der Waals surface area (Å²) >= 11 is 0. The minimum Gasteiger partial charge on any atom is -0.464 e. The molecule has 2 rings (SSSR count). The molecular weight excluding hydrogens is 349 g/mol. The van der Waals surface area contributed by atoms with Gasteiger partial charge in [-0.25, -0.2) is 4.79 Å². The van der Waals surface area contributed by atoms with E-state index in [2.05, 4.69) is 10.4 Å². The van der Waals surface area contributed by atoms with Crippen molar-refractivity contribution in [3.8, 4) is 0 Å². The summed E-state index contributed by atoms with van der Waals surface area (Å²) in [6, 6.07) is 6.74. The van der Waals surface area contributed by atoms with Crippen LogP contribution >= 0.6 is 0 Å². The fourth-order valence-corrected chi connectivity index (χ4v) is 2.94. The van der Waals surface area contributed by atoms with Crippen LogP contribution in [0.4, 0.5) is 4.39 Å². The summed E-state index contributed by atoms with van der Waals surface area (Å²) in [7, 11) is 0. The van der Waals surface area contributed by atoms with Gasteiger partial charge in [0.1, 0.15) is 6.04 Å². The van der Waals surface area contributed by atoms with E-state index in [1.807, 2.05) is 38.1 Å². The van der Waals surface area contributed by atoms with Crippen molar-refractivity contribution in [2.24, 2.45) is 5.92 Å². The summed E-state index contributed by atoms with van der Waals surface area (Å²) in [5.41, 5.74) is 1.13. The highest BCUT2D eigenvalue weighted by Gasteiger charge is 2.27. The zero-order valence-electron chi connectivity index (χ0n) is 16.2. The van der Waals surface area contributed by atoms with Gasteiger partial charge in [-0.1, -0.05) is 32.0 Å². The van der Waals surface area contributed by atoms with Crippen molar-refractivity contribution < 1.29 is 18.7 Å². The first-order chi connectivity index (χ1) is 13.0. The molecule has 0 saturated heterocycles. The molecule has 0 fully saturated rings. The zero-order chi connectivity index (χ0) is 19.8. The molecule has 7 heteroatoms. The highest BCUT2D eigenvalue weighted by atomic mass is 19.1. The maximum atomic E-state index is 12.8. The van der Waals surface area contributed by atoms with Gasteiger partial charge in [0.25, 0.3) is 5.91 Å². The number of hydrogen-bond acceptors (Lipinski definition) is 4. The summed E-state index contributed by atoms with van der Waals surface area (Å²) in [6.45, 7) is 5.98. The molecule has 2 aromatic rings. The average Bonchev–Trinajstić information content (AvgIpc) is 3.02. The van der Waals surface area contributed by atoms with E-state index >= 15 is 0 Å². The van der Waals surface area contributed by atoms with Crippen LogP contribution in [0.2, 0.25) is 0 Å². The van der Waals surface area contributed by atoms with Crippen molar-refractivity contribution in [1.29, 1.82) is 0 Å². The zero-order valence-corrected chi connectivity index (χ0v) is 16.2. The topological polar surface area (TPSA) is 73.2 Å². The van der Waals surface area contributed by atoms with Crippen molar-refractivity contribution in [2.45, 2.75) is 52.6 Å². The van der Waals surface area contributed by atoms with Crippen LogP contribution in [0.25, 0.3) is 10.9 Å². The van der Waals surface area contributed by atoms with E-state index in [9.17, 15) is 14.0 Å². The van der Waals surface area contributed by atoms with Crippen LogP contribution in [0.3, 0.4) is 0 Å². The number of unbranched alkanes of at least 4 members (excludes halogenated alkanes) is 2. The van der Waals surface area contributed by atoms with Crippen molar-refractivity contribution in [3.05, 3.63) is 30.0 Å². The molecule has 1 aromatic heterocycles. The second kappa shape index (κ2) is 10.0. The molecule has 1 N–H and O–H groups in total. The number of amides is 1. The van der Waals surface area contributed by atoms with Gasteiger partial charge in [-0.05, 0) is 38.2 Å². The Bertz CT molecular complexity index is 773. The Labute approximate surface area is 159 Å². The van der Waals surface area contributed by atoms with E-state index in [4.69, 9.17) is 4.74 Å². The number of hydrogen-bond donors (Lipinski definition) is 1. The first kappa shape index (κ1) is 20.9. The number of carbonyl (C=O) groups excluding carboxylic acids is 2. The molecule has 1 amide bonds. The summed E-state index contributed by atoms with van der Waals surface area (Å²) in [5.74, 6) is -0.960. The van der Waals surface area contributed by atoms with E-state index in [1.54, 1.807) is 11.6 Å². The lowest BCUT2D eigenvalue weighted by atomic mass is 10.0.